The molecule has 0 saturated carbocycles. The van der Waals surface area contributed by atoms with Crippen molar-refractivity contribution in [2.75, 3.05) is 10.6 Å². The topological polar surface area (TPSA) is 90.0 Å². The van der Waals surface area contributed by atoms with Crippen LogP contribution in [0.25, 0.3) is 0 Å². The van der Waals surface area contributed by atoms with Gasteiger partial charge >= 0.3 is 0 Å². The van der Waals surface area contributed by atoms with E-state index < -0.39 is 5.56 Å². The average molecular weight is 294 g/mol. The number of H-pyrrole nitrogens is 1. The molecule has 0 spiro atoms. The van der Waals surface area contributed by atoms with Crippen LogP contribution in [0.15, 0.2) is 65.5 Å². The van der Waals surface area contributed by atoms with Crippen molar-refractivity contribution < 1.29 is 5.11 Å². The van der Waals surface area contributed by atoms with Crippen molar-refractivity contribution in [3.8, 4) is 5.88 Å². The summed E-state index contributed by atoms with van der Waals surface area (Å²) >= 11 is 0. The lowest BCUT2D eigenvalue weighted by Crippen LogP contribution is -2.15. The molecular weight excluding hydrogens is 280 g/mol. The van der Waals surface area contributed by atoms with E-state index in [9.17, 15) is 9.90 Å². The summed E-state index contributed by atoms with van der Waals surface area (Å²) in [6.45, 7) is 0. The van der Waals surface area contributed by atoms with Crippen LogP contribution >= 0.6 is 0 Å². The zero-order chi connectivity index (χ0) is 15.4. The van der Waals surface area contributed by atoms with Crippen LogP contribution < -0.4 is 16.2 Å². The third-order valence-corrected chi connectivity index (χ3v) is 2.98. The second-order valence-electron chi connectivity index (χ2n) is 4.60. The van der Waals surface area contributed by atoms with E-state index in [0.29, 0.717) is 5.69 Å². The Kier molecular flexibility index (Phi) is 3.74. The predicted octanol–water partition coefficient (Wildman–Crippen LogP) is 2.96. The molecule has 0 atom stereocenters. The lowest BCUT2D eigenvalue weighted by Gasteiger charge is -2.09. The van der Waals surface area contributed by atoms with Gasteiger partial charge in [-0.2, -0.15) is 4.98 Å². The summed E-state index contributed by atoms with van der Waals surface area (Å²) in [5.74, 6) is -0.196. The van der Waals surface area contributed by atoms with Crippen molar-refractivity contribution in [1.29, 1.82) is 0 Å². The average Bonchev–Trinajstić information content (AvgIpc) is 2.53. The molecule has 0 saturated heterocycles. The highest BCUT2D eigenvalue weighted by molar-refractivity contribution is 5.64. The summed E-state index contributed by atoms with van der Waals surface area (Å²) in [6.07, 6.45) is 0. The molecule has 4 N–H and O–H groups in total. The molecular formula is C16H14N4O2. The number of anilines is 4. The van der Waals surface area contributed by atoms with Gasteiger partial charge in [-0.05, 0) is 24.3 Å². The van der Waals surface area contributed by atoms with E-state index in [-0.39, 0.29) is 17.5 Å². The van der Waals surface area contributed by atoms with Crippen molar-refractivity contribution in [1.82, 2.24) is 9.97 Å². The molecule has 0 fully saturated rings. The highest BCUT2D eigenvalue weighted by Gasteiger charge is 2.11. The first kappa shape index (κ1) is 13.7. The minimum absolute atomic E-state index is 0.00446. The molecule has 1 heterocycles. The van der Waals surface area contributed by atoms with Gasteiger partial charge < -0.3 is 15.7 Å². The largest absolute Gasteiger partial charge is 0.492 e. The maximum atomic E-state index is 12.1. The Balaban J connectivity index is 1.87. The normalized spacial score (nSPS) is 10.2. The predicted molar refractivity (Wildman–Crippen MR) is 86.0 cm³/mol. The first-order valence-corrected chi connectivity index (χ1v) is 6.70. The number of para-hydroxylation sites is 2. The summed E-state index contributed by atoms with van der Waals surface area (Å²) < 4.78 is 0. The highest BCUT2D eigenvalue weighted by atomic mass is 16.3. The fraction of sp³-hybridized carbons (Fsp3) is 0. The van der Waals surface area contributed by atoms with Crippen molar-refractivity contribution in [2.24, 2.45) is 0 Å². The molecule has 0 unspecified atom stereocenters. The highest BCUT2D eigenvalue weighted by Crippen LogP contribution is 2.22. The molecule has 0 aliphatic heterocycles. The third-order valence-electron chi connectivity index (χ3n) is 2.98. The Labute approximate surface area is 126 Å². The first-order valence-electron chi connectivity index (χ1n) is 6.70. The number of hydrogen-bond donors (Lipinski definition) is 4. The molecule has 0 radical (unpaired) electrons. The summed E-state index contributed by atoms with van der Waals surface area (Å²) in [4.78, 5) is 18.6. The van der Waals surface area contributed by atoms with Gasteiger partial charge in [0.15, 0.2) is 5.69 Å². The SMILES string of the molecule is O=c1[nH]c(Nc2ccccc2)nc(O)c1Nc1ccccc1. The molecule has 22 heavy (non-hydrogen) atoms. The smallest absolute Gasteiger partial charge is 0.280 e. The van der Waals surface area contributed by atoms with Crippen LogP contribution in [0.2, 0.25) is 0 Å². The Morgan fingerprint density at radius 1 is 0.864 bits per heavy atom. The van der Waals surface area contributed by atoms with Gasteiger partial charge in [0.25, 0.3) is 5.56 Å². The van der Waals surface area contributed by atoms with Gasteiger partial charge in [-0.25, -0.2) is 0 Å². The molecule has 0 aliphatic carbocycles. The van der Waals surface area contributed by atoms with E-state index in [1.807, 2.05) is 48.5 Å². The number of nitrogens with zero attached hydrogens (tertiary/aromatic N) is 1. The fourth-order valence-electron chi connectivity index (χ4n) is 1.96. The van der Waals surface area contributed by atoms with Crippen LogP contribution in [0, 0.1) is 0 Å². The number of benzene rings is 2. The number of aromatic nitrogens is 2. The van der Waals surface area contributed by atoms with Crippen LogP contribution in [0.4, 0.5) is 23.0 Å². The number of hydrogen-bond acceptors (Lipinski definition) is 5. The summed E-state index contributed by atoms with van der Waals surface area (Å²) in [5, 5.41) is 15.7. The molecule has 0 aliphatic rings. The molecule has 0 amide bonds. The Morgan fingerprint density at radius 3 is 1.95 bits per heavy atom. The van der Waals surface area contributed by atoms with E-state index in [1.165, 1.54) is 0 Å². The van der Waals surface area contributed by atoms with Crippen LogP contribution in [-0.2, 0) is 0 Å². The molecule has 0 bridgehead atoms. The third kappa shape index (κ3) is 3.06. The van der Waals surface area contributed by atoms with Crippen molar-refractivity contribution in [3.05, 3.63) is 71.0 Å². The first-order chi connectivity index (χ1) is 10.7. The molecule has 110 valence electrons. The summed E-state index contributed by atoms with van der Waals surface area (Å²) in [6, 6.07) is 18.3. The lowest BCUT2D eigenvalue weighted by molar-refractivity contribution is 0.455. The van der Waals surface area contributed by atoms with Gasteiger partial charge in [-0.15, -0.1) is 0 Å². The molecule has 3 rings (SSSR count). The second-order valence-corrected chi connectivity index (χ2v) is 4.60. The van der Waals surface area contributed by atoms with Crippen LogP contribution in [0.5, 0.6) is 5.88 Å². The van der Waals surface area contributed by atoms with Gasteiger partial charge in [-0.1, -0.05) is 36.4 Å². The summed E-state index contributed by atoms with van der Waals surface area (Å²) in [7, 11) is 0. The molecule has 2 aromatic carbocycles. The maximum Gasteiger partial charge on any atom is 0.280 e. The van der Waals surface area contributed by atoms with E-state index in [0.717, 1.165) is 5.69 Å². The zero-order valence-corrected chi connectivity index (χ0v) is 11.6. The van der Waals surface area contributed by atoms with Crippen molar-refractivity contribution in [3.63, 3.8) is 0 Å². The van der Waals surface area contributed by atoms with Gasteiger partial charge in [0.05, 0.1) is 0 Å². The molecule has 1 aromatic heterocycles. The second kappa shape index (κ2) is 6.01. The Hall–Kier alpha value is -3.28. The lowest BCUT2D eigenvalue weighted by atomic mass is 10.3. The van der Waals surface area contributed by atoms with Crippen LogP contribution in [0.3, 0.4) is 0 Å². The minimum Gasteiger partial charge on any atom is -0.492 e. The molecule has 3 aromatic rings. The van der Waals surface area contributed by atoms with Crippen molar-refractivity contribution >= 4 is 23.0 Å². The van der Waals surface area contributed by atoms with E-state index in [2.05, 4.69) is 20.6 Å². The number of rotatable bonds is 4. The fourth-order valence-corrected chi connectivity index (χ4v) is 1.96. The number of aromatic amines is 1. The van der Waals surface area contributed by atoms with Gasteiger partial charge in [0.1, 0.15) is 0 Å². The van der Waals surface area contributed by atoms with Gasteiger partial charge in [0, 0.05) is 11.4 Å². The summed E-state index contributed by atoms with van der Waals surface area (Å²) in [5.41, 5.74) is 0.988. The maximum absolute atomic E-state index is 12.1. The zero-order valence-electron chi connectivity index (χ0n) is 11.6. The Bertz CT molecular complexity index is 817. The number of nitrogens with one attached hydrogen (secondary N) is 3. The minimum atomic E-state index is -0.463. The van der Waals surface area contributed by atoms with Gasteiger partial charge in [-0.3, -0.25) is 9.78 Å². The number of aromatic hydroxyl groups is 1. The molecule has 6 nitrogen and oxygen atoms in total. The van der Waals surface area contributed by atoms with E-state index >= 15 is 0 Å². The van der Waals surface area contributed by atoms with E-state index in [1.54, 1.807) is 12.1 Å². The standard InChI is InChI=1S/C16H14N4O2/c21-14-13(17-11-7-3-1-4-8-11)15(22)20-16(19-14)18-12-9-5-2-6-10-12/h1-10,17H,(H3,18,19,20,21,22). The van der Waals surface area contributed by atoms with Gasteiger partial charge in [0.2, 0.25) is 11.8 Å². The monoisotopic (exact) mass is 294 g/mol. The van der Waals surface area contributed by atoms with Crippen molar-refractivity contribution in [2.45, 2.75) is 0 Å². The Morgan fingerprint density at radius 2 is 1.41 bits per heavy atom. The quantitative estimate of drug-likeness (QED) is 0.594. The van der Waals surface area contributed by atoms with Crippen LogP contribution in [-0.4, -0.2) is 15.1 Å². The van der Waals surface area contributed by atoms with Crippen LogP contribution in [0.1, 0.15) is 0 Å². The van der Waals surface area contributed by atoms with E-state index in [4.69, 9.17) is 0 Å². The molecule has 6 heteroatoms.